The van der Waals surface area contributed by atoms with Gasteiger partial charge < -0.3 is 0 Å². The van der Waals surface area contributed by atoms with E-state index >= 15 is 0 Å². The van der Waals surface area contributed by atoms with Crippen LogP contribution in [0.25, 0.3) is 0 Å². The molecule has 0 aliphatic carbocycles. The van der Waals surface area contributed by atoms with Crippen LogP contribution >= 0.6 is 15.8 Å². The highest BCUT2D eigenvalue weighted by molar-refractivity contribution is 7.79. The standard InChI is InChI=1S/C30H34P2Si/c1-25(31(27-17-9-5-10-18-27)28-19-11-6-12-20-28)33(3,4)26(2)32(29-21-13-7-14-22-29)30-23-15-8-16-24-30/h5-26H,1-4H3. The third-order valence-corrected chi connectivity index (χ3v) is 21.9. The van der Waals surface area contributed by atoms with Gasteiger partial charge in [0.15, 0.2) is 0 Å². The van der Waals surface area contributed by atoms with Crippen molar-refractivity contribution in [2.45, 2.75) is 37.5 Å². The van der Waals surface area contributed by atoms with Crippen molar-refractivity contribution in [3.63, 3.8) is 0 Å². The lowest BCUT2D eigenvalue weighted by molar-refractivity contribution is 1.17. The maximum Gasteiger partial charge on any atom is 0.0632 e. The minimum absolute atomic E-state index is 0.423. The van der Waals surface area contributed by atoms with Crippen molar-refractivity contribution in [1.82, 2.24) is 0 Å². The molecule has 33 heavy (non-hydrogen) atoms. The van der Waals surface area contributed by atoms with E-state index in [1.165, 1.54) is 21.2 Å². The van der Waals surface area contributed by atoms with Crippen LogP contribution < -0.4 is 21.2 Å². The molecule has 2 unspecified atom stereocenters. The predicted octanol–water partition coefficient (Wildman–Crippen LogP) is 6.82. The summed E-state index contributed by atoms with van der Waals surface area (Å²) in [6.07, 6.45) is 0. The molecule has 0 aromatic heterocycles. The van der Waals surface area contributed by atoms with E-state index in [1.807, 2.05) is 0 Å². The van der Waals surface area contributed by atoms with Gasteiger partial charge in [0.05, 0.1) is 8.07 Å². The fourth-order valence-electron chi connectivity index (χ4n) is 4.56. The van der Waals surface area contributed by atoms with E-state index in [4.69, 9.17) is 0 Å². The molecule has 4 rings (SSSR count). The molecule has 0 amide bonds. The molecule has 0 saturated carbocycles. The summed E-state index contributed by atoms with van der Waals surface area (Å²) in [5, 5.41) is 7.32. The van der Waals surface area contributed by atoms with Gasteiger partial charge in [-0.15, -0.1) is 0 Å². The Morgan fingerprint density at radius 1 is 0.424 bits per heavy atom. The van der Waals surface area contributed by atoms with Crippen molar-refractivity contribution in [3.05, 3.63) is 121 Å². The first kappa shape index (κ1) is 24.1. The van der Waals surface area contributed by atoms with Crippen molar-refractivity contribution < 1.29 is 0 Å². The normalized spacial score (nSPS) is 13.8. The number of benzene rings is 4. The summed E-state index contributed by atoms with van der Waals surface area (Å²) in [5.41, 5.74) is 0. The zero-order valence-corrected chi connectivity index (χ0v) is 22.9. The highest BCUT2D eigenvalue weighted by Gasteiger charge is 2.43. The van der Waals surface area contributed by atoms with Crippen LogP contribution in [0, 0.1) is 0 Å². The fraction of sp³-hybridized carbons (Fsp3) is 0.200. The van der Waals surface area contributed by atoms with Crippen LogP contribution in [0.15, 0.2) is 121 Å². The maximum absolute atomic E-state index is 2.64. The van der Waals surface area contributed by atoms with Gasteiger partial charge in [0.2, 0.25) is 0 Å². The highest BCUT2D eigenvalue weighted by Crippen LogP contribution is 2.51. The van der Waals surface area contributed by atoms with Gasteiger partial charge in [-0.3, -0.25) is 0 Å². The van der Waals surface area contributed by atoms with E-state index in [0.717, 1.165) is 0 Å². The minimum Gasteiger partial charge on any atom is -0.0684 e. The lowest BCUT2D eigenvalue weighted by Crippen LogP contribution is -2.52. The van der Waals surface area contributed by atoms with Crippen molar-refractivity contribution in [1.29, 1.82) is 0 Å². The molecule has 0 fully saturated rings. The lowest BCUT2D eigenvalue weighted by atomic mass is 10.4. The van der Waals surface area contributed by atoms with Gasteiger partial charge in [-0.25, -0.2) is 0 Å². The van der Waals surface area contributed by atoms with Crippen LogP contribution in [0.1, 0.15) is 13.8 Å². The van der Waals surface area contributed by atoms with E-state index in [-0.39, 0.29) is 0 Å². The molecule has 0 bridgehead atoms. The zero-order valence-electron chi connectivity index (χ0n) is 20.1. The third kappa shape index (κ3) is 5.38. The molecule has 0 heterocycles. The quantitative estimate of drug-likeness (QED) is 0.190. The van der Waals surface area contributed by atoms with Crippen LogP contribution in [0.3, 0.4) is 0 Å². The van der Waals surface area contributed by atoms with E-state index in [1.54, 1.807) is 0 Å². The van der Waals surface area contributed by atoms with Crippen molar-refractivity contribution in [3.8, 4) is 0 Å². The Hall–Kier alpha value is -2.04. The summed E-state index contributed by atoms with van der Waals surface area (Å²) in [4.78, 5) is 0. The van der Waals surface area contributed by atoms with Crippen LogP contribution in [-0.4, -0.2) is 18.6 Å². The Morgan fingerprint density at radius 2 is 0.636 bits per heavy atom. The van der Waals surface area contributed by atoms with Crippen LogP contribution in [0.5, 0.6) is 0 Å². The second kappa shape index (κ2) is 10.9. The van der Waals surface area contributed by atoms with E-state index < -0.39 is 23.9 Å². The average Bonchev–Trinajstić information content (AvgIpc) is 2.87. The van der Waals surface area contributed by atoms with E-state index in [0.29, 0.717) is 10.6 Å². The fourth-order valence-corrected chi connectivity index (χ4v) is 18.4. The Kier molecular flexibility index (Phi) is 7.97. The van der Waals surface area contributed by atoms with Gasteiger partial charge in [0, 0.05) is 0 Å². The number of hydrogen-bond acceptors (Lipinski definition) is 0. The first-order chi connectivity index (χ1) is 16.0. The van der Waals surface area contributed by atoms with Crippen LogP contribution in [-0.2, 0) is 0 Å². The Morgan fingerprint density at radius 3 is 0.848 bits per heavy atom. The van der Waals surface area contributed by atoms with Crippen molar-refractivity contribution in [2.75, 3.05) is 0 Å². The van der Waals surface area contributed by atoms with Gasteiger partial charge >= 0.3 is 0 Å². The molecule has 0 saturated heterocycles. The minimum atomic E-state index is -1.71. The molecule has 0 aliphatic heterocycles. The largest absolute Gasteiger partial charge is 0.0684 e. The first-order valence-corrected chi connectivity index (χ1v) is 17.8. The monoisotopic (exact) mass is 484 g/mol. The van der Waals surface area contributed by atoms with Gasteiger partial charge in [-0.05, 0) is 47.6 Å². The Labute approximate surface area is 203 Å². The van der Waals surface area contributed by atoms with Crippen LogP contribution in [0.2, 0.25) is 13.1 Å². The summed E-state index contributed by atoms with van der Waals surface area (Å²) < 4.78 is 0. The SMILES string of the molecule is CC(P(c1ccccc1)c1ccccc1)[Si](C)(C)C(C)P(c1ccccc1)c1ccccc1. The molecule has 0 spiro atoms. The molecule has 4 aromatic carbocycles. The average molecular weight is 485 g/mol. The van der Waals surface area contributed by atoms with Crippen LogP contribution in [0.4, 0.5) is 0 Å². The van der Waals surface area contributed by atoms with E-state index in [9.17, 15) is 0 Å². The van der Waals surface area contributed by atoms with Gasteiger partial charge in [-0.1, -0.05) is 148 Å². The van der Waals surface area contributed by atoms with Crippen molar-refractivity contribution >= 4 is 45.1 Å². The summed E-state index contributed by atoms with van der Waals surface area (Å²) in [6, 6.07) is 45.0. The zero-order chi connectivity index (χ0) is 23.3. The topological polar surface area (TPSA) is 0 Å². The summed E-state index contributed by atoms with van der Waals surface area (Å²) in [7, 11) is -2.56. The summed E-state index contributed by atoms with van der Waals surface area (Å²) >= 11 is 0. The second-order valence-electron chi connectivity index (χ2n) is 9.26. The molecule has 0 nitrogen and oxygen atoms in total. The van der Waals surface area contributed by atoms with Gasteiger partial charge in [0.25, 0.3) is 0 Å². The molecule has 168 valence electrons. The van der Waals surface area contributed by atoms with E-state index in [2.05, 4.69) is 148 Å². The summed E-state index contributed by atoms with van der Waals surface area (Å²) in [6.45, 7) is 10.4. The second-order valence-corrected chi connectivity index (χ2v) is 20.7. The van der Waals surface area contributed by atoms with Crippen molar-refractivity contribution in [2.24, 2.45) is 0 Å². The Bertz CT molecular complexity index is 945. The molecule has 0 radical (unpaired) electrons. The first-order valence-electron chi connectivity index (χ1n) is 11.8. The summed E-state index contributed by atoms with van der Waals surface area (Å²) in [5.74, 6) is 0. The molecule has 2 atom stereocenters. The van der Waals surface area contributed by atoms with Gasteiger partial charge in [0.1, 0.15) is 0 Å². The highest BCUT2D eigenvalue weighted by atomic mass is 31.1. The molecule has 4 aromatic rings. The van der Waals surface area contributed by atoms with Gasteiger partial charge in [-0.2, -0.15) is 0 Å². The number of rotatable bonds is 8. The molecule has 0 N–H and O–H groups in total. The smallest absolute Gasteiger partial charge is 0.0632 e. The lowest BCUT2D eigenvalue weighted by Gasteiger charge is -2.44. The maximum atomic E-state index is 2.64. The molecule has 3 heteroatoms. The predicted molar refractivity (Wildman–Crippen MR) is 155 cm³/mol. The third-order valence-electron chi connectivity index (χ3n) is 7.07. The molecular formula is C30H34P2Si. The molecular weight excluding hydrogens is 450 g/mol. The number of hydrogen-bond donors (Lipinski definition) is 0. The Balaban J connectivity index is 1.77. The molecule has 0 aliphatic rings.